The van der Waals surface area contributed by atoms with Crippen molar-refractivity contribution in [2.75, 3.05) is 66.7 Å². The standard InChI is InChI=1S/C37H44FN9O2/c1-2-49-35(48)26-12-16-44(17-13-26)28-14-20-45(21-15-28)31-9-8-27(22-30(31)38)40-37-42-36(39)47(43-37)32-23-29(24-6-4-3-5-7-24)34-33(41-32)25-10-18-46(34)19-11-25/h3-9,22-23,25-26,28H,2,10-21H2,1H3,(H3,39,40,42,43). The first kappa shape index (κ1) is 31.6. The molecule has 0 spiro atoms. The number of hydrogen-bond donors (Lipinski definition) is 2. The van der Waals surface area contributed by atoms with E-state index in [1.54, 1.807) is 4.68 Å². The van der Waals surface area contributed by atoms with Crippen molar-refractivity contribution < 1.29 is 13.9 Å². The second-order valence-corrected chi connectivity index (χ2v) is 13.7. The molecule has 0 atom stereocenters. The number of anilines is 5. The minimum Gasteiger partial charge on any atom is -0.466 e. The fourth-order valence-electron chi connectivity index (χ4n) is 8.23. The van der Waals surface area contributed by atoms with Crippen molar-refractivity contribution in [2.24, 2.45) is 5.92 Å². The maximum atomic E-state index is 15.5. The van der Waals surface area contributed by atoms with Gasteiger partial charge in [0, 0.05) is 49.4 Å². The first-order valence-corrected chi connectivity index (χ1v) is 17.8. The average molecular weight is 666 g/mol. The normalized spacial score (nSPS) is 18.9. The molecule has 12 heteroatoms. The van der Waals surface area contributed by atoms with Crippen molar-refractivity contribution in [3.63, 3.8) is 0 Å². The lowest BCUT2D eigenvalue weighted by Crippen LogP contribution is -2.48. The molecule has 256 valence electrons. The van der Waals surface area contributed by atoms with Crippen LogP contribution < -0.4 is 20.9 Å². The molecule has 7 heterocycles. The summed E-state index contributed by atoms with van der Waals surface area (Å²) >= 11 is 0. The summed E-state index contributed by atoms with van der Waals surface area (Å²) in [7, 11) is 0. The van der Waals surface area contributed by atoms with Gasteiger partial charge in [-0.2, -0.15) is 9.67 Å². The van der Waals surface area contributed by atoms with Gasteiger partial charge in [0.05, 0.1) is 29.6 Å². The van der Waals surface area contributed by atoms with Gasteiger partial charge in [-0.3, -0.25) is 4.79 Å². The van der Waals surface area contributed by atoms with E-state index < -0.39 is 0 Å². The molecule has 9 rings (SSSR count). The average Bonchev–Trinajstić information content (AvgIpc) is 3.51. The molecular weight excluding hydrogens is 621 g/mol. The monoisotopic (exact) mass is 665 g/mol. The molecule has 0 radical (unpaired) electrons. The number of fused-ring (bicyclic) bond motifs is 2. The zero-order valence-corrected chi connectivity index (χ0v) is 28.0. The fourth-order valence-corrected chi connectivity index (χ4v) is 8.23. The minimum atomic E-state index is -0.292. The van der Waals surface area contributed by atoms with E-state index in [9.17, 15) is 4.79 Å². The van der Waals surface area contributed by atoms with E-state index >= 15 is 4.39 Å². The second-order valence-electron chi connectivity index (χ2n) is 13.7. The molecule has 2 aromatic carbocycles. The van der Waals surface area contributed by atoms with Crippen LogP contribution in [0.2, 0.25) is 0 Å². The van der Waals surface area contributed by atoms with Gasteiger partial charge < -0.3 is 30.5 Å². The van der Waals surface area contributed by atoms with Crippen molar-refractivity contribution in [1.82, 2.24) is 24.6 Å². The number of nitrogen functional groups attached to an aromatic ring is 1. The summed E-state index contributed by atoms with van der Waals surface area (Å²) in [6.07, 6.45) is 5.80. The molecule has 2 aromatic heterocycles. The Morgan fingerprint density at radius 3 is 2.37 bits per heavy atom. The molecule has 0 unspecified atom stereocenters. The van der Waals surface area contributed by atoms with E-state index in [1.165, 1.54) is 11.8 Å². The van der Waals surface area contributed by atoms with Crippen LogP contribution in [0.5, 0.6) is 0 Å². The number of aromatic nitrogens is 4. The third-order valence-electron chi connectivity index (χ3n) is 10.8. The van der Waals surface area contributed by atoms with Gasteiger partial charge >= 0.3 is 5.97 Å². The maximum absolute atomic E-state index is 15.5. The van der Waals surface area contributed by atoms with Gasteiger partial charge in [0.2, 0.25) is 11.9 Å². The second kappa shape index (κ2) is 13.3. The fraction of sp³-hybridized carbons (Fsp3) is 0.459. The lowest BCUT2D eigenvalue weighted by Gasteiger charge is -2.42. The van der Waals surface area contributed by atoms with Crippen LogP contribution >= 0.6 is 0 Å². The highest BCUT2D eigenvalue weighted by Gasteiger charge is 2.35. The van der Waals surface area contributed by atoms with Gasteiger partial charge in [0.15, 0.2) is 5.82 Å². The Kier molecular flexibility index (Phi) is 8.57. The SMILES string of the molecule is CCOC(=O)C1CCN(C2CCN(c3ccc(Nc4nc(N)n(-c5cc(-c6ccccc6)c6c(n5)C5CCN6CC5)n4)cc3F)CC2)CC1. The smallest absolute Gasteiger partial charge is 0.309 e. The predicted octanol–water partition coefficient (Wildman–Crippen LogP) is 5.74. The molecule has 2 bridgehead atoms. The number of rotatable bonds is 8. The molecule has 3 fully saturated rings. The summed E-state index contributed by atoms with van der Waals surface area (Å²) in [5.74, 6) is 1.18. The molecular formula is C37H44FN9O2. The molecule has 3 saturated heterocycles. The number of nitrogens with two attached hydrogens (primary N) is 1. The van der Waals surface area contributed by atoms with E-state index in [4.69, 9.17) is 15.5 Å². The lowest BCUT2D eigenvalue weighted by molar-refractivity contribution is -0.149. The highest BCUT2D eigenvalue weighted by Crippen LogP contribution is 2.47. The predicted molar refractivity (Wildman–Crippen MR) is 189 cm³/mol. The summed E-state index contributed by atoms with van der Waals surface area (Å²) in [6.45, 7) is 7.77. The summed E-state index contributed by atoms with van der Waals surface area (Å²) in [4.78, 5) is 28.8. The molecule has 3 N–H and O–H groups in total. The number of nitrogens with one attached hydrogen (secondary N) is 1. The molecule has 0 saturated carbocycles. The van der Waals surface area contributed by atoms with Crippen LogP contribution in [0.3, 0.4) is 0 Å². The van der Waals surface area contributed by atoms with Gasteiger partial charge in [-0.05, 0) is 88.4 Å². The minimum absolute atomic E-state index is 0.0131. The number of benzene rings is 2. The Labute approximate surface area is 286 Å². The number of esters is 1. The molecule has 5 aliphatic heterocycles. The van der Waals surface area contributed by atoms with Crippen molar-refractivity contribution in [2.45, 2.75) is 57.4 Å². The van der Waals surface area contributed by atoms with Crippen LogP contribution in [0.4, 0.5) is 33.3 Å². The molecule has 11 nitrogen and oxygen atoms in total. The van der Waals surface area contributed by atoms with Gasteiger partial charge in [-0.25, -0.2) is 9.37 Å². The van der Waals surface area contributed by atoms with E-state index in [2.05, 4.69) is 54.4 Å². The number of likely N-dealkylation sites (tertiary alicyclic amines) is 1. The maximum Gasteiger partial charge on any atom is 0.309 e. The van der Waals surface area contributed by atoms with Gasteiger partial charge in [-0.15, -0.1) is 5.10 Å². The van der Waals surface area contributed by atoms with Crippen LogP contribution in [0, 0.1) is 11.7 Å². The number of piperidine rings is 3. The zero-order valence-electron chi connectivity index (χ0n) is 28.0. The Hall–Kier alpha value is -4.71. The van der Waals surface area contributed by atoms with Gasteiger partial charge in [0.1, 0.15) is 5.82 Å². The molecule has 49 heavy (non-hydrogen) atoms. The number of hydrogen-bond acceptors (Lipinski definition) is 10. The van der Waals surface area contributed by atoms with Crippen molar-refractivity contribution in [1.29, 1.82) is 0 Å². The van der Waals surface area contributed by atoms with Crippen LogP contribution in [-0.4, -0.2) is 82.5 Å². The number of halogens is 1. The van der Waals surface area contributed by atoms with Crippen LogP contribution in [0.1, 0.15) is 57.1 Å². The highest BCUT2D eigenvalue weighted by molar-refractivity contribution is 5.83. The molecule has 0 amide bonds. The molecule has 5 aliphatic rings. The summed E-state index contributed by atoms with van der Waals surface area (Å²) < 4.78 is 22.3. The first-order valence-electron chi connectivity index (χ1n) is 17.8. The number of ether oxygens (including phenoxy) is 1. The topological polar surface area (TPSA) is 118 Å². The third-order valence-corrected chi connectivity index (χ3v) is 10.8. The number of nitrogens with zero attached hydrogens (tertiary/aromatic N) is 7. The first-order chi connectivity index (χ1) is 23.9. The number of pyridine rings is 1. The molecule has 4 aromatic rings. The largest absolute Gasteiger partial charge is 0.466 e. The molecule has 0 aliphatic carbocycles. The van der Waals surface area contributed by atoms with Crippen molar-refractivity contribution in [3.05, 3.63) is 66.1 Å². The van der Waals surface area contributed by atoms with Crippen LogP contribution in [-0.2, 0) is 9.53 Å². The van der Waals surface area contributed by atoms with E-state index in [-0.39, 0.29) is 29.6 Å². The van der Waals surface area contributed by atoms with E-state index in [1.807, 2.05) is 31.2 Å². The van der Waals surface area contributed by atoms with Gasteiger partial charge in [-0.1, -0.05) is 30.3 Å². The van der Waals surface area contributed by atoms with E-state index in [0.717, 1.165) is 94.6 Å². The van der Waals surface area contributed by atoms with E-state index in [0.29, 0.717) is 35.8 Å². The summed E-state index contributed by atoms with van der Waals surface area (Å²) in [5.41, 5.74) is 12.1. The van der Waals surface area contributed by atoms with Crippen LogP contribution in [0.25, 0.3) is 16.9 Å². The zero-order chi connectivity index (χ0) is 33.5. The van der Waals surface area contributed by atoms with Crippen molar-refractivity contribution >= 4 is 34.9 Å². The number of carbonyl (C=O) groups excluding carboxylic acids is 1. The Bertz CT molecular complexity index is 1810. The summed E-state index contributed by atoms with van der Waals surface area (Å²) in [6, 6.07) is 18.1. The lowest BCUT2D eigenvalue weighted by atomic mass is 9.84. The number of carbonyl (C=O) groups is 1. The van der Waals surface area contributed by atoms with Gasteiger partial charge in [0.25, 0.3) is 0 Å². The third kappa shape index (κ3) is 6.18. The van der Waals surface area contributed by atoms with Crippen molar-refractivity contribution in [3.8, 4) is 16.9 Å². The highest BCUT2D eigenvalue weighted by atomic mass is 19.1. The summed E-state index contributed by atoms with van der Waals surface area (Å²) in [5, 5.41) is 7.82. The Balaban J connectivity index is 0.944. The van der Waals surface area contributed by atoms with Crippen LogP contribution in [0.15, 0.2) is 54.6 Å². The Morgan fingerprint density at radius 2 is 1.65 bits per heavy atom. The quantitative estimate of drug-likeness (QED) is 0.226. The Morgan fingerprint density at radius 1 is 0.918 bits per heavy atom.